The van der Waals surface area contributed by atoms with Crippen molar-refractivity contribution in [3.8, 4) is 10.7 Å². The average molecular weight is 410 g/mol. The van der Waals surface area contributed by atoms with E-state index in [4.69, 9.17) is 16.1 Å². The Morgan fingerprint density at radius 1 is 1.27 bits per heavy atom. The van der Waals surface area contributed by atoms with Gasteiger partial charge in [0.25, 0.3) is 10.0 Å². The van der Waals surface area contributed by atoms with Gasteiger partial charge in [0.1, 0.15) is 4.90 Å². The van der Waals surface area contributed by atoms with Crippen LogP contribution in [0.4, 0.5) is 5.69 Å². The summed E-state index contributed by atoms with van der Waals surface area (Å²) in [6.07, 6.45) is 2.13. The molecular formula is C17H16ClN3O3S2. The Bertz CT molecular complexity index is 1080. The van der Waals surface area contributed by atoms with Crippen molar-refractivity contribution in [2.24, 2.45) is 0 Å². The fourth-order valence-corrected chi connectivity index (χ4v) is 5.39. The summed E-state index contributed by atoms with van der Waals surface area (Å²) in [5.74, 6) is 1.41. The molecule has 1 aliphatic carbocycles. The van der Waals surface area contributed by atoms with E-state index in [1.807, 2.05) is 6.92 Å². The molecule has 26 heavy (non-hydrogen) atoms. The highest BCUT2D eigenvalue weighted by Gasteiger charge is 2.30. The molecule has 0 spiro atoms. The number of hydrogen-bond acceptors (Lipinski definition) is 6. The van der Waals surface area contributed by atoms with E-state index < -0.39 is 10.0 Å². The molecule has 0 unspecified atom stereocenters. The molecule has 1 aliphatic rings. The molecule has 9 heteroatoms. The summed E-state index contributed by atoms with van der Waals surface area (Å²) >= 11 is 7.31. The van der Waals surface area contributed by atoms with Gasteiger partial charge >= 0.3 is 0 Å². The number of benzene rings is 1. The predicted octanol–water partition coefficient (Wildman–Crippen LogP) is 4.75. The lowest BCUT2D eigenvalue weighted by atomic mass is 10.2. The standard InChI is InChI=1S/C17H16ClN3O3S2/c1-9-3-6-12(18)7-13(9)21-26(22,23)15-8-14(25-10(15)2)16-19-17(24-20-16)11-4-5-11/h3,6-8,11,21H,4-5H2,1-2H3. The molecule has 2 aromatic heterocycles. The fourth-order valence-electron chi connectivity index (χ4n) is 2.58. The zero-order valence-corrected chi connectivity index (χ0v) is 16.5. The number of aryl methyl sites for hydroxylation is 2. The van der Waals surface area contributed by atoms with Crippen molar-refractivity contribution in [3.63, 3.8) is 0 Å². The number of halogens is 1. The second kappa shape index (κ2) is 6.37. The van der Waals surface area contributed by atoms with Crippen molar-refractivity contribution >= 4 is 38.6 Å². The van der Waals surface area contributed by atoms with Crippen LogP contribution in [0.15, 0.2) is 33.7 Å². The zero-order valence-electron chi connectivity index (χ0n) is 14.1. The molecule has 0 amide bonds. The number of anilines is 1. The van der Waals surface area contributed by atoms with Crippen LogP contribution in [0, 0.1) is 13.8 Å². The highest BCUT2D eigenvalue weighted by atomic mass is 35.5. The van der Waals surface area contributed by atoms with Crippen LogP contribution < -0.4 is 4.72 Å². The monoisotopic (exact) mass is 409 g/mol. The average Bonchev–Trinajstić information content (AvgIpc) is 3.16. The first-order valence-electron chi connectivity index (χ1n) is 8.07. The minimum absolute atomic E-state index is 0.203. The van der Waals surface area contributed by atoms with Crippen molar-refractivity contribution in [1.29, 1.82) is 0 Å². The SMILES string of the molecule is Cc1ccc(Cl)cc1NS(=O)(=O)c1cc(-c2noc(C3CC3)n2)sc1C. The third-order valence-electron chi connectivity index (χ3n) is 4.19. The molecule has 6 nitrogen and oxygen atoms in total. The maximum Gasteiger partial charge on any atom is 0.263 e. The number of thiophene rings is 1. The highest BCUT2D eigenvalue weighted by molar-refractivity contribution is 7.93. The highest BCUT2D eigenvalue weighted by Crippen LogP contribution is 2.40. The molecule has 0 saturated heterocycles. The van der Waals surface area contributed by atoms with Gasteiger partial charge in [-0.3, -0.25) is 4.72 Å². The Morgan fingerprint density at radius 3 is 2.77 bits per heavy atom. The normalized spacial score (nSPS) is 14.6. The Kier molecular flexibility index (Phi) is 4.29. The van der Waals surface area contributed by atoms with Gasteiger partial charge in [0.15, 0.2) is 0 Å². The second-order valence-corrected chi connectivity index (χ2v) is 9.67. The summed E-state index contributed by atoms with van der Waals surface area (Å²) in [4.78, 5) is 5.92. The van der Waals surface area contributed by atoms with Crippen molar-refractivity contribution < 1.29 is 12.9 Å². The first-order chi connectivity index (χ1) is 12.3. The number of hydrogen-bond donors (Lipinski definition) is 1. The topological polar surface area (TPSA) is 85.1 Å². The molecule has 1 saturated carbocycles. The number of rotatable bonds is 5. The molecule has 0 aliphatic heterocycles. The van der Waals surface area contributed by atoms with Gasteiger partial charge in [-0.15, -0.1) is 11.3 Å². The van der Waals surface area contributed by atoms with Gasteiger partial charge in [-0.25, -0.2) is 8.42 Å². The summed E-state index contributed by atoms with van der Waals surface area (Å²) in [5.41, 5.74) is 1.25. The third-order valence-corrected chi connectivity index (χ3v) is 7.10. The summed E-state index contributed by atoms with van der Waals surface area (Å²) in [5, 5.41) is 4.45. The number of sulfonamides is 1. The first kappa shape index (κ1) is 17.5. The van der Waals surface area contributed by atoms with Gasteiger partial charge in [0.2, 0.25) is 11.7 Å². The number of nitrogens with zero attached hydrogens (tertiary/aromatic N) is 2. The van der Waals surface area contributed by atoms with Gasteiger partial charge in [-0.2, -0.15) is 4.98 Å². The molecule has 0 bridgehead atoms. The van der Waals surface area contributed by atoms with Gasteiger partial charge in [-0.05, 0) is 50.5 Å². The Morgan fingerprint density at radius 2 is 2.04 bits per heavy atom. The van der Waals surface area contributed by atoms with Crippen LogP contribution in [-0.4, -0.2) is 18.6 Å². The quantitative estimate of drug-likeness (QED) is 0.657. The first-order valence-corrected chi connectivity index (χ1v) is 10.7. The minimum Gasteiger partial charge on any atom is -0.339 e. The summed E-state index contributed by atoms with van der Waals surface area (Å²) in [7, 11) is -3.75. The van der Waals surface area contributed by atoms with Gasteiger partial charge < -0.3 is 4.52 Å². The Balaban J connectivity index is 1.66. The van der Waals surface area contributed by atoms with E-state index in [2.05, 4.69) is 14.9 Å². The lowest BCUT2D eigenvalue weighted by Gasteiger charge is -2.10. The predicted molar refractivity (Wildman–Crippen MR) is 101 cm³/mol. The molecular weight excluding hydrogens is 394 g/mol. The zero-order chi connectivity index (χ0) is 18.5. The van der Waals surface area contributed by atoms with E-state index in [0.717, 1.165) is 18.4 Å². The lowest BCUT2D eigenvalue weighted by Crippen LogP contribution is -2.13. The Labute approximate surface area is 160 Å². The molecule has 3 aromatic rings. The van der Waals surface area contributed by atoms with Gasteiger partial charge in [0.05, 0.1) is 10.6 Å². The molecule has 0 atom stereocenters. The molecule has 1 fully saturated rings. The van der Waals surface area contributed by atoms with Crippen molar-refractivity contribution in [2.45, 2.75) is 37.5 Å². The number of nitrogens with one attached hydrogen (secondary N) is 1. The van der Waals surface area contributed by atoms with E-state index in [-0.39, 0.29) is 4.90 Å². The fraction of sp³-hybridized carbons (Fsp3) is 0.294. The number of aromatic nitrogens is 2. The van der Waals surface area contributed by atoms with E-state index >= 15 is 0 Å². The van der Waals surface area contributed by atoms with Crippen LogP contribution in [0.25, 0.3) is 10.7 Å². The summed E-state index contributed by atoms with van der Waals surface area (Å²) < 4.78 is 33.6. The van der Waals surface area contributed by atoms with E-state index in [1.165, 1.54) is 11.3 Å². The molecule has 1 N–H and O–H groups in total. The largest absolute Gasteiger partial charge is 0.339 e. The van der Waals surface area contributed by atoms with Crippen LogP contribution in [0.1, 0.15) is 35.1 Å². The summed E-state index contributed by atoms with van der Waals surface area (Å²) in [6, 6.07) is 6.67. The van der Waals surface area contributed by atoms with E-state index in [1.54, 1.807) is 31.2 Å². The van der Waals surface area contributed by atoms with Crippen molar-refractivity contribution in [1.82, 2.24) is 10.1 Å². The Hall–Kier alpha value is -1.90. The molecule has 0 radical (unpaired) electrons. The lowest BCUT2D eigenvalue weighted by molar-refractivity contribution is 0.380. The van der Waals surface area contributed by atoms with Crippen LogP contribution >= 0.6 is 22.9 Å². The smallest absolute Gasteiger partial charge is 0.263 e. The van der Waals surface area contributed by atoms with Crippen LogP contribution in [0.5, 0.6) is 0 Å². The molecule has 4 rings (SSSR count). The maximum atomic E-state index is 12.8. The summed E-state index contributed by atoms with van der Waals surface area (Å²) in [6.45, 7) is 3.58. The van der Waals surface area contributed by atoms with Crippen LogP contribution in [0.2, 0.25) is 5.02 Å². The second-order valence-electron chi connectivity index (χ2n) is 6.33. The van der Waals surface area contributed by atoms with Crippen LogP contribution in [0.3, 0.4) is 0 Å². The molecule has 2 heterocycles. The minimum atomic E-state index is -3.75. The molecule has 136 valence electrons. The maximum absolute atomic E-state index is 12.8. The van der Waals surface area contributed by atoms with Crippen molar-refractivity contribution in [3.05, 3.63) is 45.6 Å². The van der Waals surface area contributed by atoms with E-state index in [0.29, 0.717) is 38.1 Å². The van der Waals surface area contributed by atoms with Gasteiger partial charge in [0, 0.05) is 15.8 Å². The molecule has 1 aromatic carbocycles. The van der Waals surface area contributed by atoms with Gasteiger partial charge in [-0.1, -0.05) is 22.8 Å². The van der Waals surface area contributed by atoms with E-state index in [9.17, 15) is 8.42 Å². The third kappa shape index (κ3) is 3.36. The van der Waals surface area contributed by atoms with Crippen LogP contribution in [-0.2, 0) is 10.0 Å². The van der Waals surface area contributed by atoms with Crippen molar-refractivity contribution in [2.75, 3.05) is 4.72 Å².